The van der Waals surface area contributed by atoms with Crippen molar-refractivity contribution in [2.45, 2.75) is 58.4 Å². The van der Waals surface area contributed by atoms with Gasteiger partial charge in [0.05, 0.1) is 12.5 Å². The molecule has 2 aromatic heterocycles. The maximum absolute atomic E-state index is 5.61. The van der Waals surface area contributed by atoms with E-state index in [2.05, 4.69) is 26.4 Å². The third-order valence-corrected chi connectivity index (χ3v) is 3.38. The lowest BCUT2D eigenvalue weighted by Crippen LogP contribution is -2.00. The second-order valence-corrected chi connectivity index (χ2v) is 5.00. The maximum atomic E-state index is 5.61. The Bertz CT molecular complexity index is 506. The van der Waals surface area contributed by atoms with E-state index in [1.807, 2.05) is 6.33 Å². The first-order valence-electron chi connectivity index (χ1n) is 7.24. The fourth-order valence-corrected chi connectivity index (χ4v) is 2.27. The van der Waals surface area contributed by atoms with Gasteiger partial charge >= 0.3 is 0 Å². The molecule has 0 unspecified atom stereocenters. The smallest absolute Gasteiger partial charge is 0.222 e. The summed E-state index contributed by atoms with van der Waals surface area (Å²) in [4.78, 5) is 12.5. The van der Waals surface area contributed by atoms with Gasteiger partial charge in [0.1, 0.15) is 5.52 Å². The third-order valence-electron chi connectivity index (χ3n) is 3.38. The number of rotatable bonds is 8. The van der Waals surface area contributed by atoms with Crippen molar-refractivity contribution in [3.8, 4) is 0 Å². The second kappa shape index (κ2) is 7.07. The van der Waals surface area contributed by atoms with Gasteiger partial charge in [-0.3, -0.25) is 0 Å². The van der Waals surface area contributed by atoms with Crippen molar-refractivity contribution in [1.82, 2.24) is 19.5 Å². The molecule has 0 spiro atoms. The van der Waals surface area contributed by atoms with E-state index in [1.165, 1.54) is 44.9 Å². The monoisotopic (exact) mass is 261 g/mol. The lowest BCUT2D eigenvalue weighted by atomic mass is 10.1. The molecule has 0 saturated carbocycles. The predicted molar refractivity (Wildman–Crippen MR) is 77.7 cm³/mol. The molecule has 0 atom stereocenters. The maximum Gasteiger partial charge on any atom is 0.222 e. The van der Waals surface area contributed by atoms with Crippen LogP contribution in [0.1, 0.15) is 51.9 Å². The Hall–Kier alpha value is -1.65. The Morgan fingerprint density at radius 1 is 1.05 bits per heavy atom. The number of nitrogens with zero attached hydrogens (tertiary/aromatic N) is 4. The van der Waals surface area contributed by atoms with E-state index in [0.29, 0.717) is 5.95 Å². The van der Waals surface area contributed by atoms with Crippen molar-refractivity contribution in [3.63, 3.8) is 0 Å². The molecule has 0 bridgehead atoms. The highest BCUT2D eigenvalue weighted by molar-refractivity contribution is 5.70. The lowest BCUT2D eigenvalue weighted by molar-refractivity contribution is 0.554. The molecule has 2 N–H and O–H groups in total. The fourth-order valence-electron chi connectivity index (χ4n) is 2.27. The molecule has 0 fully saturated rings. The number of imidazole rings is 1. The zero-order valence-corrected chi connectivity index (χ0v) is 11.7. The number of nitrogens with two attached hydrogens (primary N) is 1. The van der Waals surface area contributed by atoms with E-state index < -0.39 is 0 Å². The van der Waals surface area contributed by atoms with Gasteiger partial charge in [-0.25, -0.2) is 9.97 Å². The number of anilines is 1. The number of hydrogen-bond acceptors (Lipinski definition) is 4. The predicted octanol–water partition coefficient (Wildman–Crippen LogP) is 3.16. The molecular weight excluding hydrogens is 238 g/mol. The highest BCUT2D eigenvalue weighted by Crippen LogP contribution is 2.12. The summed E-state index contributed by atoms with van der Waals surface area (Å²) in [6.07, 6.45) is 12.7. The molecule has 0 amide bonds. The van der Waals surface area contributed by atoms with Gasteiger partial charge in [-0.1, -0.05) is 45.4 Å². The van der Waals surface area contributed by atoms with Crippen LogP contribution >= 0.6 is 0 Å². The fraction of sp³-hybridized carbons (Fsp3) is 0.643. The third kappa shape index (κ3) is 3.91. The first kappa shape index (κ1) is 13.8. The van der Waals surface area contributed by atoms with Gasteiger partial charge in [-0.2, -0.15) is 4.98 Å². The SMILES string of the molecule is CCCCCCCCCn1cnc2cnc(N)nc21. The zero-order chi connectivity index (χ0) is 13.5. The van der Waals surface area contributed by atoms with Gasteiger partial charge in [-0.05, 0) is 6.42 Å². The molecule has 0 saturated heterocycles. The summed E-state index contributed by atoms with van der Waals surface area (Å²) in [6.45, 7) is 3.21. The van der Waals surface area contributed by atoms with E-state index in [9.17, 15) is 0 Å². The summed E-state index contributed by atoms with van der Waals surface area (Å²) in [5.41, 5.74) is 7.27. The summed E-state index contributed by atoms with van der Waals surface area (Å²) < 4.78 is 2.07. The summed E-state index contributed by atoms with van der Waals surface area (Å²) in [6, 6.07) is 0. The molecule has 5 nitrogen and oxygen atoms in total. The van der Waals surface area contributed by atoms with E-state index >= 15 is 0 Å². The molecule has 19 heavy (non-hydrogen) atoms. The number of aryl methyl sites for hydroxylation is 1. The van der Waals surface area contributed by atoms with Crippen LogP contribution in [0.15, 0.2) is 12.5 Å². The van der Waals surface area contributed by atoms with Gasteiger partial charge in [0.2, 0.25) is 5.95 Å². The number of aromatic nitrogens is 4. The quantitative estimate of drug-likeness (QED) is 0.741. The summed E-state index contributed by atoms with van der Waals surface area (Å²) in [7, 11) is 0. The van der Waals surface area contributed by atoms with Crippen LogP contribution in [-0.2, 0) is 6.54 Å². The second-order valence-electron chi connectivity index (χ2n) is 5.00. The number of hydrogen-bond donors (Lipinski definition) is 1. The van der Waals surface area contributed by atoms with Gasteiger partial charge < -0.3 is 10.3 Å². The minimum absolute atomic E-state index is 0.314. The molecule has 2 heterocycles. The molecule has 5 heteroatoms. The number of fused-ring (bicyclic) bond motifs is 1. The van der Waals surface area contributed by atoms with Crippen LogP contribution in [0.3, 0.4) is 0 Å². The Morgan fingerprint density at radius 3 is 2.58 bits per heavy atom. The van der Waals surface area contributed by atoms with Crippen LogP contribution in [0, 0.1) is 0 Å². The summed E-state index contributed by atoms with van der Waals surface area (Å²) in [5.74, 6) is 0.314. The van der Waals surface area contributed by atoms with E-state index in [4.69, 9.17) is 5.73 Å². The number of unbranched alkanes of at least 4 members (excludes halogenated alkanes) is 6. The van der Waals surface area contributed by atoms with Crippen LogP contribution in [0.4, 0.5) is 5.95 Å². The van der Waals surface area contributed by atoms with E-state index in [-0.39, 0.29) is 0 Å². The van der Waals surface area contributed by atoms with E-state index in [0.717, 1.165) is 17.7 Å². The molecule has 0 aliphatic carbocycles. The molecule has 0 aliphatic heterocycles. The Kier molecular flexibility index (Phi) is 5.12. The standard InChI is InChI=1S/C14H23N5/c1-2-3-4-5-6-7-8-9-19-11-17-12-10-16-14(15)18-13(12)19/h10-11H,2-9H2,1H3,(H2,15,16,18). The van der Waals surface area contributed by atoms with E-state index in [1.54, 1.807) is 6.20 Å². The van der Waals surface area contributed by atoms with Crippen LogP contribution in [0.2, 0.25) is 0 Å². The summed E-state index contributed by atoms with van der Waals surface area (Å²) >= 11 is 0. The highest BCUT2D eigenvalue weighted by Gasteiger charge is 2.04. The molecule has 0 radical (unpaired) electrons. The van der Waals surface area contributed by atoms with Crippen molar-refractivity contribution < 1.29 is 0 Å². The number of nitrogen functional groups attached to an aromatic ring is 1. The average Bonchev–Trinajstić information content (AvgIpc) is 2.80. The Morgan fingerprint density at radius 2 is 1.79 bits per heavy atom. The van der Waals surface area contributed by atoms with Crippen LogP contribution in [0.25, 0.3) is 11.2 Å². The molecule has 2 rings (SSSR count). The average molecular weight is 261 g/mol. The highest BCUT2D eigenvalue weighted by atomic mass is 15.1. The molecule has 2 aromatic rings. The first-order valence-corrected chi connectivity index (χ1v) is 7.24. The van der Waals surface area contributed by atoms with Crippen molar-refractivity contribution in [2.75, 3.05) is 5.73 Å². The topological polar surface area (TPSA) is 69.6 Å². The van der Waals surface area contributed by atoms with Crippen molar-refractivity contribution >= 4 is 17.1 Å². The molecular formula is C14H23N5. The Balaban J connectivity index is 1.77. The summed E-state index contributed by atoms with van der Waals surface area (Å²) in [5, 5.41) is 0. The van der Waals surface area contributed by atoms with Crippen molar-refractivity contribution in [1.29, 1.82) is 0 Å². The Labute approximate surface area is 114 Å². The molecule has 0 aromatic carbocycles. The van der Waals surface area contributed by atoms with Gasteiger partial charge in [0.25, 0.3) is 0 Å². The largest absolute Gasteiger partial charge is 0.368 e. The van der Waals surface area contributed by atoms with Crippen LogP contribution in [-0.4, -0.2) is 19.5 Å². The lowest BCUT2D eigenvalue weighted by Gasteiger charge is -2.04. The van der Waals surface area contributed by atoms with Gasteiger partial charge in [-0.15, -0.1) is 0 Å². The van der Waals surface area contributed by atoms with Crippen LogP contribution in [0.5, 0.6) is 0 Å². The van der Waals surface area contributed by atoms with Crippen LogP contribution < -0.4 is 5.73 Å². The minimum Gasteiger partial charge on any atom is -0.368 e. The van der Waals surface area contributed by atoms with Crippen molar-refractivity contribution in [2.24, 2.45) is 0 Å². The normalized spacial score (nSPS) is 11.2. The first-order chi connectivity index (χ1) is 9.31. The van der Waals surface area contributed by atoms with Gasteiger partial charge in [0.15, 0.2) is 5.65 Å². The molecule has 104 valence electrons. The molecule has 0 aliphatic rings. The van der Waals surface area contributed by atoms with Crippen molar-refractivity contribution in [3.05, 3.63) is 12.5 Å². The van der Waals surface area contributed by atoms with Gasteiger partial charge in [0, 0.05) is 6.54 Å². The minimum atomic E-state index is 0.314. The zero-order valence-electron chi connectivity index (χ0n) is 11.7.